The second kappa shape index (κ2) is 6.45. The first-order valence-electron chi connectivity index (χ1n) is 5.58. The van der Waals surface area contributed by atoms with E-state index in [-0.39, 0.29) is 0 Å². The lowest BCUT2D eigenvalue weighted by atomic mass is 10.3. The maximum atomic E-state index is 11.5. The van der Waals surface area contributed by atoms with Crippen molar-refractivity contribution in [2.24, 2.45) is 0 Å². The van der Waals surface area contributed by atoms with E-state index >= 15 is 0 Å². The molecule has 2 aromatic carbocycles. The summed E-state index contributed by atoms with van der Waals surface area (Å²) in [7, 11) is 0. The molecular weight excluding hydrogens is 285 g/mol. The van der Waals surface area contributed by atoms with Crippen molar-refractivity contribution in [3.8, 4) is 11.5 Å². The van der Waals surface area contributed by atoms with Gasteiger partial charge in [0.2, 0.25) is 0 Å². The molecule has 0 atom stereocenters. The van der Waals surface area contributed by atoms with Gasteiger partial charge in [-0.2, -0.15) is 0 Å². The van der Waals surface area contributed by atoms with E-state index in [4.69, 9.17) is 27.9 Å². The molecule has 0 heterocycles. The minimum absolute atomic E-state index is 0.493. The van der Waals surface area contributed by atoms with Crippen molar-refractivity contribution in [2.45, 2.75) is 4.84 Å². The second-order valence-corrected chi connectivity index (χ2v) is 4.80. The normalized spacial score (nSPS) is 10.3. The van der Waals surface area contributed by atoms with Gasteiger partial charge in [-0.1, -0.05) is 53.5 Å². The molecular formula is C14H11Cl2NO2. The highest BCUT2D eigenvalue weighted by Gasteiger charge is 2.14. The Labute approximate surface area is 121 Å². The minimum atomic E-state index is -1.12. The van der Waals surface area contributed by atoms with Gasteiger partial charge in [-0.3, -0.25) is 4.79 Å². The lowest BCUT2D eigenvalue weighted by molar-refractivity contribution is -0.114. The Bertz CT molecular complexity index is 558. The van der Waals surface area contributed by atoms with Crippen LogP contribution in [-0.2, 0) is 4.79 Å². The number of ether oxygens (including phenoxy) is 1. The van der Waals surface area contributed by atoms with Gasteiger partial charge in [-0.25, -0.2) is 0 Å². The lowest BCUT2D eigenvalue weighted by Crippen LogP contribution is -2.18. The Hall–Kier alpha value is -1.71. The van der Waals surface area contributed by atoms with Gasteiger partial charge in [0.25, 0.3) is 5.91 Å². The van der Waals surface area contributed by atoms with Crippen LogP contribution >= 0.6 is 23.2 Å². The molecule has 1 N–H and O–H groups in total. The summed E-state index contributed by atoms with van der Waals surface area (Å²) in [5, 5.41) is 2.60. The van der Waals surface area contributed by atoms with Gasteiger partial charge >= 0.3 is 0 Å². The number of nitrogens with one attached hydrogen (secondary N) is 1. The molecule has 3 nitrogen and oxygen atoms in total. The zero-order valence-electron chi connectivity index (χ0n) is 9.85. The molecule has 0 unspecified atom stereocenters. The Morgan fingerprint density at radius 3 is 2.32 bits per heavy atom. The smallest absolute Gasteiger partial charge is 0.257 e. The first-order valence-corrected chi connectivity index (χ1v) is 6.45. The number of hydrogen-bond donors (Lipinski definition) is 1. The van der Waals surface area contributed by atoms with Crippen LogP contribution in [0.5, 0.6) is 11.5 Å². The zero-order chi connectivity index (χ0) is 13.7. The van der Waals surface area contributed by atoms with Crippen LogP contribution in [0.3, 0.4) is 0 Å². The zero-order valence-corrected chi connectivity index (χ0v) is 11.4. The van der Waals surface area contributed by atoms with Crippen LogP contribution in [-0.4, -0.2) is 10.7 Å². The Balaban J connectivity index is 2.19. The summed E-state index contributed by atoms with van der Waals surface area (Å²) in [6.45, 7) is 0. The van der Waals surface area contributed by atoms with E-state index in [1.165, 1.54) is 0 Å². The van der Waals surface area contributed by atoms with E-state index in [1.54, 1.807) is 18.2 Å². The highest BCUT2D eigenvalue weighted by atomic mass is 35.5. The molecule has 0 aliphatic heterocycles. The standard InChI is InChI=1S/C14H11Cl2NO2/c15-13(16)14(18)17-11-8-4-5-9-12(11)19-10-6-2-1-3-7-10/h1-9,13H,(H,17,18). The maximum absolute atomic E-state index is 11.5. The minimum Gasteiger partial charge on any atom is -0.455 e. The monoisotopic (exact) mass is 295 g/mol. The summed E-state index contributed by atoms with van der Waals surface area (Å²) in [6.07, 6.45) is 0. The first-order chi connectivity index (χ1) is 9.16. The van der Waals surface area contributed by atoms with Gasteiger partial charge in [0.15, 0.2) is 10.6 Å². The second-order valence-electron chi connectivity index (χ2n) is 3.70. The summed E-state index contributed by atoms with van der Waals surface area (Å²) < 4.78 is 5.69. The molecule has 5 heteroatoms. The van der Waals surface area contributed by atoms with Crippen LogP contribution in [0, 0.1) is 0 Å². The highest BCUT2D eigenvalue weighted by Crippen LogP contribution is 2.29. The molecule has 0 aliphatic carbocycles. The molecule has 0 bridgehead atoms. The van der Waals surface area contributed by atoms with Gasteiger partial charge < -0.3 is 10.1 Å². The molecule has 2 rings (SSSR count). The van der Waals surface area contributed by atoms with Gasteiger partial charge in [-0.15, -0.1) is 0 Å². The van der Waals surface area contributed by atoms with Crippen molar-refractivity contribution in [3.63, 3.8) is 0 Å². The number of carbonyl (C=O) groups is 1. The van der Waals surface area contributed by atoms with Gasteiger partial charge in [0.1, 0.15) is 5.75 Å². The van der Waals surface area contributed by atoms with E-state index in [0.29, 0.717) is 17.2 Å². The fourth-order valence-electron chi connectivity index (χ4n) is 1.46. The van der Waals surface area contributed by atoms with Gasteiger partial charge in [0.05, 0.1) is 5.69 Å². The van der Waals surface area contributed by atoms with E-state index in [0.717, 1.165) is 0 Å². The van der Waals surface area contributed by atoms with Crippen molar-refractivity contribution in [2.75, 3.05) is 5.32 Å². The van der Waals surface area contributed by atoms with Crippen LogP contribution in [0.1, 0.15) is 0 Å². The highest BCUT2D eigenvalue weighted by molar-refractivity contribution is 6.54. The summed E-state index contributed by atoms with van der Waals surface area (Å²) >= 11 is 11.0. The maximum Gasteiger partial charge on any atom is 0.257 e. The average Bonchev–Trinajstić information content (AvgIpc) is 2.42. The van der Waals surface area contributed by atoms with Crippen LogP contribution in [0.15, 0.2) is 54.6 Å². The fourth-order valence-corrected chi connectivity index (χ4v) is 1.57. The molecule has 0 saturated heterocycles. The quantitative estimate of drug-likeness (QED) is 0.858. The number of amides is 1. The average molecular weight is 296 g/mol. The molecule has 2 aromatic rings. The molecule has 19 heavy (non-hydrogen) atoms. The molecule has 98 valence electrons. The largest absolute Gasteiger partial charge is 0.455 e. The molecule has 0 radical (unpaired) electrons. The topological polar surface area (TPSA) is 38.3 Å². The number of para-hydroxylation sites is 3. The van der Waals surface area contributed by atoms with Crippen molar-refractivity contribution in [1.82, 2.24) is 0 Å². The molecule has 0 fully saturated rings. The number of benzene rings is 2. The van der Waals surface area contributed by atoms with Crippen LogP contribution in [0.4, 0.5) is 5.69 Å². The van der Waals surface area contributed by atoms with E-state index in [2.05, 4.69) is 5.32 Å². The van der Waals surface area contributed by atoms with Crippen molar-refractivity contribution < 1.29 is 9.53 Å². The molecule has 0 spiro atoms. The van der Waals surface area contributed by atoms with Crippen LogP contribution < -0.4 is 10.1 Å². The number of halogens is 2. The van der Waals surface area contributed by atoms with Crippen LogP contribution in [0.2, 0.25) is 0 Å². The number of rotatable bonds is 4. The predicted molar refractivity (Wildman–Crippen MR) is 77.1 cm³/mol. The predicted octanol–water partition coefficient (Wildman–Crippen LogP) is 4.22. The Kier molecular flexibility index (Phi) is 4.66. The Morgan fingerprint density at radius 2 is 1.63 bits per heavy atom. The third-order valence-electron chi connectivity index (χ3n) is 2.31. The van der Waals surface area contributed by atoms with E-state index in [1.807, 2.05) is 36.4 Å². The summed E-state index contributed by atoms with van der Waals surface area (Å²) in [6, 6.07) is 16.3. The van der Waals surface area contributed by atoms with Crippen LogP contribution in [0.25, 0.3) is 0 Å². The SMILES string of the molecule is O=C(Nc1ccccc1Oc1ccccc1)C(Cl)Cl. The third-order valence-corrected chi connectivity index (χ3v) is 2.71. The number of hydrogen-bond acceptors (Lipinski definition) is 2. The summed E-state index contributed by atoms with van der Waals surface area (Å²) in [5.74, 6) is 0.709. The van der Waals surface area contributed by atoms with Crippen molar-refractivity contribution >= 4 is 34.8 Å². The molecule has 1 amide bonds. The van der Waals surface area contributed by atoms with Crippen molar-refractivity contribution in [3.05, 3.63) is 54.6 Å². The molecule has 0 aromatic heterocycles. The first kappa shape index (κ1) is 13.7. The number of carbonyl (C=O) groups excluding carboxylic acids is 1. The van der Waals surface area contributed by atoms with Crippen molar-refractivity contribution in [1.29, 1.82) is 0 Å². The fraction of sp³-hybridized carbons (Fsp3) is 0.0714. The Morgan fingerprint density at radius 1 is 1.00 bits per heavy atom. The molecule has 0 saturated carbocycles. The van der Waals surface area contributed by atoms with E-state index in [9.17, 15) is 4.79 Å². The van der Waals surface area contributed by atoms with Gasteiger partial charge in [0, 0.05) is 0 Å². The number of anilines is 1. The summed E-state index contributed by atoms with van der Waals surface area (Å²) in [5.41, 5.74) is 0.516. The third kappa shape index (κ3) is 3.88. The number of alkyl halides is 2. The summed E-state index contributed by atoms with van der Waals surface area (Å²) in [4.78, 5) is 10.4. The van der Waals surface area contributed by atoms with Gasteiger partial charge in [-0.05, 0) is 24.3 Å². The van der Waals surface area contributed by atoms with E-state index < -0.39 is 10.7 Å². The lowest BCUT2D eigenvalue weighted by Gasteiger charge is -2.12. The molecule has 0 aliphatic rings.